The van der Waals surface area contributed by atoms with Crippen molar-refractivity contribution in [3.63, 3.8) is 0 Å². The number of amides is 1. The lowest BCUT2D eigenvalue weighted by atomic mass is 9.88. The van der Waals surface area contributed by atoms with Gasteiger partial charge in [0, 0.05) is 20.4 Å². The number of nitrogens with zero attached hydrogens (tertiary/aromatic N) is 1. The molecule has 134 valence electrons. The highest BCUT2D eigenvalue weighted by molar-refractivity contribution is 6.76. The van der Waals surface area contributed by atoms with Crippen LogP contribution in [0.5, 0.6) is 0 Å². The molecule has 0 bridgehead atoms. The predicted octanol–water partition coefficient (Wildman–Crippen LogP) is 2.61. The van der Waals surface area contributed by atoms with Crippen LogP contribution in [-0.2, 0) is 19.1 Å². The van der Waals surface area contributed by atoms with Crippen molar-refractivity contribution in [3.8, 4) is 0 Å². The monoisotopic (exact) mass is 353 g/mol. The van der Waals surface area contributed by atoms with Gasteiger partial charge in [-0.05, 0) is 19.4 Å². The summed E-state index contributed by atoms with van der Waals surface area (Å²) in [4.78, 5) is 38.4. The molecule has 0 aromatic carbocycles. The summed E-state index contributed by atoms with van der Waals surface area (Å²) >= 11 is 0. The number of fused-ring (bicyclic) bond motifs is 1. The number of carbonyl (C=O) groups is 3. The molecule has 0 N–H and O–H groups in total. The number of ether oxygens (including phenoxy) is 2. The third-order valence-electron chi connectivity index (χ3n) is 4.46. The van der Waals surface area contributed by atoms with Gasteiger partial charge in [0.15, 0.2) is 0 Å². The normalized spacial score (nSPS) is 26.2. The zero-order chi connectivity index (χ0) is 17.9. The lowest BCUT2D eigenvalue weighted by Gasteiger charge is -2.29. The number of Topliss-reactive ketones (excluding diaryl/α,β-unsaturated/α-hetero) is 1. The highest BCUT2D eigenvalue weighted by atomic mass is 28.3. The maximum atomic E-state index is 12.6. The van der Waals surface area contributed by atoms with Crippen LogP contribution in [0.3, 0.4) is 0 Å². The molecule has 1 saturated heterocycles. The Morgan fingerprint density at radius 2 is 2.00 bits per heavy atom. The second-order valence-corrected chi connectivity index (χ2v) is 13.2. The molecule has 2 aliphatic rings. The van der Waals surface area contributed by atoms with E-state index >= 15 is 0 Å². The largest absolute Gasteiger partial charge is 0.464 e. The van der Waals surface area contributed by atoms with Crippen molar-refractivity contribution in [2.75, 3.05) is 13.2 Å². The van der Waals surface area contributed by atoms with Gasteiger partial charge < -0.3 is 9.47 Å². The fourth-order valence-corrected chi connectivity index (χ4v) is 3.85. The fourth-order valence-electron chi connectivity index (χ4n) is 3.14. The molecule has 2 rings (SSSR count). The van der Waals surface area contributed by atoms with Crippen LogP contribution in [0.4, 0.5) is 4.79 Å². The molecule has 1 heterocycles. The zero-order valence-corrected chi connectivity index (χ0v) is 15.9. The summed E-state index contributed by atoms with van der Waals surface area (Å²) in [6.45, 7) is 8.92. The van der Waals surface area contributed by atoms with E-state index in [0.717, 1.165) is 6.04 Å². The van der Waals surface area contributed by atoms with Crippen LogP contribution >= 0.6 is 0 Å². The quantitative estimate of drug-likeness (QED) is 0.431. The minimum Gasteiger partial charge on any atom is -0.464 e. The van der Waals surface area contributed by atoms with Crippen molar-refractivity contribution >= 4 is 25.9 Å². The first-order valence-electron chi connectivity index (χ1n) is 8.55. The van der Waals surface area contributed by atoms with Crippen LogP contribution < -0.4 is 0 Å². The third-order valence-corrected chi connectivity index (χ3v) is 6.16. The van der Waals surface area contributed by atoms with Crippen LogP contribution in [0.15, 0.2) is 12.2 Å². The van der Waals surface area contributed by atoms with E-state index in [1.165, 1.54) is 4.90 Å². The molecule has 0 spiro atoms. The van der Waals surface area contributed by atoms with E-state index in [0.29, 0.717) is 19.4 Å². The van der Waals surface area contributed by atoms with Crippen molar-refractivity contribution in [2.45, 2.75) is 57.5 Å². The number of carbonyl (C=O) groups excluding carboxylic acids is 3. The molecule has 0 aromatic heterocycles. The second kappa shape index (κ2) is 7.50. The molecule has 0 unspecified atom stereocenters. The van der Waals surface area contributed by atoms with Crippen LogP contribution in [0.2, 0.25) is 25.7 Å². The fraction of sp³-hybridized carbons (Fsp3) is 0.706. The summed E-state index contributed by atoms with van der Waals surface area (Å²) < 4.78 is 10.5. The summed E-state index contributed by atoms with van der Waals surface area (Å²) in [7, 11) is -1.32. The minimum absolute atomic E-state index is 0.0641. The minimum atomic E-state index is -1.32. The molecule has 6 nitrogen and oxygen atoms in total. The van der Waals surface area contributed by atoms with Gasteiger partial charge in [-0.3, -0.25) is 9.69 Å². The average Bonchev–Trinajstić information content (AvgIpc) is 2.87. The molecule has 1 fully saturated rings. The van der Waals surface area contributed by atoms with E-state index in [1.54, 1.807) is 13.0 Å². The van der Waals surface area contributed by atoms with Gasteiger partial charge in [-0.2, -0.15) is 0 Å². The van der Waals surface area contributed by atoms with Gasteiger partial charge in [0.1, 0.15) is 11.8 Å². The van der Waals surface area contributed by atoms with Gasteiger partial charge in [0.25, 0.3) is 0 Å². The van der Waals surface area contributed by atoms with Gasteiger partial charge in [-0.15, -0.1) is 0 Å². The number of allylic oxidation sites excluding steroid dienone is 1. The lowest BCUT2D eigenvalue weighted by molar-refractivity contribution is -0.148. The van der Waals surface area contributed by atoms with Crippen molar-refractivity contribution in [2.24, 2.45) is 5.92 Å². The molecule has 0 saturated carbocycles. The number of likely N-dealkylation sites (tertiary alicyclic amines) is 1. The highest BCUT2D eigenvalue weighted by Crippen LogP contribution is 2.36. The van der Waals surface area contributed by atoms with Crippen LogP contribution in [0.25, 0.3) is 0 Å². The lowest BCUT2D eigenvalue weighted by Crippen LogP contribution is -2.47. The number of hydrogen-bond donors (Lipinski definition) is 0. The Kier molecular flexibility index (Phi) is 5.85. The van der Waals surface area contributed by atoms with Gasteiger partial charge in [-0.25, -0.2) is 9.59 Å². The Hall–Kier alpha value is -1.63. The Morgan fingerprint density at radius 1 is 1.29 bits per heavy atom. The van der Waals surface area contributed by atoms with E-state index in [-0.39, 0.29) is 18.3 Å². The van der Waals surface area contributed by atoms with Crippen molar-refractivity contribution in [1.82, 2.24) is 4.90 Å². The number of rotatable bonds is 5. The number of esters is 1. The number of ketones is 1. The molecule has 1 aliphatic carbocycles. The molecule has 0 radical (unpaired) electrons. The Bertz CT molecular complexity index is 540. The molecule has 24 heavy (non-hydrogen) atoms. The summed E-state index contributed by atoms with van der Waals surface area (Å²) in [6, 6.07) is -0.287. The SMILES string of the molecule is CCOC(=O)[C@H]1C[C@H]2C(=O)CC=C[C@H]2N1C(=O)OCC[Si](C)(C)C. The second-order valence-electron chi connectivity index (χ2n) is 7.53. The molecular formula is C17H27NO5Si. The van der Waals surface area contributed by atoms with Gasteiger partial charge in [-0.1, -0.05) is 31.8 Å². The van der Waals surface area contributed by atoms with E-state index in [2.05, 4.69) is 19.6 Å². The Balaban J connectivity index is 2.13. The van der Waals surface area contributed by atoms with Crippen molar-refractivity contribution < 1.29 is 23.9 Å². The van der Waals surface area contributed by atoms with Crippen molar-refractivity contribution in [1.29, 1.82) is 0 Å². The number of hydrogen-bond acceptors (Lipinski definition) is 5. The summed E-state index contributed by atoms with van der Waals surface area (Å²) in [5.74, 6) is -0.738. The maximum Gasteiger partial charge on any atom is 0.411 e. The zero-order valence-electron chi connectivity index (χ0n) is 14.9. The van der Waals surface area contributed by atoms with Gasteiger partial charge in [0.05, 0.1) is 19.3 Å². The highest BCUT2D eigenvalue weighted by Gasteiger charge is 2.50. The van der Waals surface area contributed by atoms with Gasteiger partial charge in [0.2, 0.25) is 0 Å². The van der Waals surface area contributed by atoms with E-state index < -0.39 is 32.2 Å². The van der Waals surface area contributed by atoms with Crippen LogP contribution in [0, 0.1) is 5.92 Å². The predicted molar refractivity (Wildman–Crippen MR) is 92.4 cm³/mol. The summed E-state index contributed by atoms with van der Waals surface area (Å²) in [5, 5.41) is 0. The maximum absolute atomic E-state index is 12.6. The summed E-state index contributed by atoms with van der Waals surface area (Å²) in [6.07, 6.45) is 3.74. The molecule has 1 amide bonds. The van der Waals surface area contributed by atoms with Crippen LogP contribution in [-0.4, -0.2) is 56.1 Å². The van der Waals surface area contributed by atoms with Gasteiger partial charge >= 0.3 is 12.1 Å². The standard InChI is InChI=1S/C17H27NO5Si/c1-5-22-16(20)14-11-12-13(7-6-8-15(12)19)18(14)17(21)23-9-10-24(2,3)4/h6-7,12-14H,5,8-11H2,1-4H3/t12-,13-,14-/m1/s1. The van der Waals surface area contributed by atoms with E-state index in [9.17, 15) is 14.4 Å². The Labute approximate surface area is 144 Å². The van der Waals surface area contributed by atoms with Crippen molar-refractivity contribution in [3.05, 3.63) is 12.2 Å². The van der Waals surface area contributed by atoms with E-state index in [4.69, 9.17) is 9.47 Å². The molecule has 3 atom stereocenters. The molecule has 7 heteroatoms. The topological polar surface area (TPSA) is 72.9 Å². The molecule has 0 aromatic rings. The Morgan fingerprint density at radius 3 is 2.62 bits per heavy atom. The van der Waals surface area contributed by atoms with Crippen LogP contribution in [0.1, 0.15) is 19.8 Å². The first-order chi connectivity index (χ1) is 11.2. The average molecular weight is 353 g/mol. The summed E-state index contributed by atoms with van der Waals surface area (Å²) in [5.41, 5.74) is 0. The van der Waals surface area contributed by atoms with E-state index in [1.807, 2.05) is 6.08 Å². The molecule has 1 aliphatic heterocycles. The first-order valence-corrected chi connectivity index (χ1v) is 12.3. The molecular weight excluding hydrogens is 326 g/mol. The first kappa shape index (κ1) is 18.7. The third kappa shape index (κ3) is 4.26. The smallest absolute Gasteiger partial charge is 0.411 e.